The van der Waals surface area contributed by atoms with E-state index in [-0.39, 0.29) is 0 Å². The second-order valence-electron chi connectivity index (χ2n) is 2.95. The predicted octanol–water partition coefficient (Wildman–Crippen LogP) is 3.31. The molecule has 2 aromatic rings. The summed E-state index contributed by atoms with van der Waals surface area (Å²) in [6, 6.07) is 7.70. The number of hydrogen-bond acceptors (Lipinski definition) is 4. The van der Waals surface area contributed by atoms with E-state index in [1.54, 1.807) is 18.0 Å². The molecule has 1 aromatic heterocycles. The topological polar surface area (TPSA) is 52.0 Å². The van der Waals surface area contributed by atoms with Crippen molar-refractivity contribution in [1.82, 2.24) is 5.16 Å². The lowest BCUT2D eigenvalue weighted by Gasteiger charge is -2.03. The molecule has 0 amide bonds. The van der Waals surface area contributed by atoms with Crippen LogP contribution in [0.15, 0.2) is 44.4 Å². The minimum Gasteiger partial charge on any atom is -0.398 e. The van der Waals surface area contributed by atoms with Crippen molar-refractivity contribution < 1.29 is 4.52 Å². The highest BCUT2D eigenvalue weighted by Crippen LogP contribution is 2.30. The van der Waals surface area contributed by atoms with Crippen LogP contribution in [0, 0.1) is 0 Å². The van der Waals surface area contributed by atoms with Crippen LogP contribution in [0.1, 0.15) is 5.76 Å². The summed E-state index contributed by atoms with van der Waals surface area (Å²) in [7, 11) is 0. The van der Waals surface area contributed by atoms with Gasteiger partial charge in [0, 0.05) is 21.1 Å². The molecule has 0 radical (unpaired) electrons. The van der Waals surface area contributed by atoms with Gasteiger partial charge >= 0.3 is 0 Å². The Morgan fingerprint density at radius 3 is 2.93 bits per heavy atom. The Balaban J connectivity index is 2.05. The molecule has 3 nitrogen and oxygen atoms in total. The van der Waals surface area contributed by atoms with Gasteiger partial charge in [-0.3, -0.25) is 0 Å². The quantitative estimate of drug-likeness (QED) is 0.694. The molecule has 0 saturated carbocycles. The highest BCUT2D eigenvalue weighted by Gasteiger charge is 2.03. The van der Waals surface area contributed by atoms with Crippen molar-refractivity contribution >= 4 is 33.4 Å². The fourth-order valence-electron chi connectivity index (χ4n) is 1.12. The summed E-state index contributed by atoms with van der Waals surface area (Å²) in [5.74, 6) is 1.59. The highest BCUT2D eigenvalue weighted by molar-refractivity contribution is 9.10. The third-order valence-corrected chi connectivity index (χ3v) is 3.44. The molecule has 0 aliphatic carbocycles. The largest absolute Gasteiger partial charge is 0.398 e. The lowest BCUT2D eigenvalue weighted by Crippen LogP contribution is -1.88. The third-order valence-electron chi connectivity index (χ3n) is 1.83. The molecule has 0 atom stereocenters. The summed E-state index contributed by atoms with van der Waals surface area (Å²) < 4.78 is 5.99. The first-order valence-electron chi connectivity index (χ1n) is 4.33. The molecule has 78 valence electrons. The Kier molecular flexibility index (Phi) is 3.33. The van der Waals surface area contributed by atoms with Crippen molar-refractivity contribution in [2.75, 3.05) is 5.73 Å². The first-order chi connectivity index (χ1) is 7.25. The number of anilines is 1. The van der Waals surface area contributed by atoms with E-state index < -0.39 is 0 Å². The van der Waals surface area contributed by atoms with Gasteiger partial charge in [0.15, 0.2) is 0 Å². The van der Waals surface area contributed by atoms with Crippen LogP contribution in [-0.2, 0) is 5.75 Å². The molecule has 2 rings (SSSR count). The van der Waals surface area contributed by atoms with Crippen molar-refractivity contribution in [3.05, 3.63) is 40.7 Å². The van der Waals surface area contributed by atoms with Crippen LogP contribution in [0.2, 0.25) is 0 Å². The monoisotopic (exact) mass is 284 g/mol. The van der Waals surface area contributed by atoms with Gasteiger partial charge in [0.1, 0.15) is 5.76 Å². The Hall–Kier alpha value is -0.940. The number of rotatable bonds is 3. The molecule has 0 spiro atoms. The lowest BCUT2D eigenvalue weighted by molar-refractivity contribution is 0.395. The first-order valence-corrected chi connectivity index (χ1v) is 6.11. The van der Waals surface area contributed by atoms with Crippen LogP contribution in [0.4, 0.5) is 5.69 Å². The summed E-state index contributed by atoms with van der Waals surface area (Å²) >= 11 is 5.00. The Bertz CT molecular complexity index is 445. The number of halogens is 1. The number of benzene rings is 1. The van der Waals surface area contributed by atoms with E-state index in [1.807, 2.05) is 24.3 Å². The van der Waals surface area contributed by atoms with Gasteiger partial charge in [-0.2, -0.15) is 0 Å². The molecule has 2 N–H and O–H groups in total. The number of nitrogens with two attached hydrogens (primary N) is 1. The summed E-state index contributed by atoms with van der Waals surface area (Å²) in [5, 5.41) is 3.64. The highest BCUT2D eigenvalue weighted by atomic mass is 79.9. The van der Waals surface area contributed by atoms with E-state index in [0.717, 1.165) is 26.6 Å². The van der Waals surface area contributed by atoms with Crippen LogP contribution >= 0.6 is 27.7 Å². The average molecular weight is 285 g/mol. The SMILES string of the molecule is Nc1cc(Br)ccc1SCc1ccno1. The van der Waals surface area contributed by atoms with Crippen LogP contribution in [0.3, 0.4) is 0 Å². The fraction of sp³-hybridized carbons (Fsp3) is 0.100. The van der Waals surface area contributed by atoms with Crippen LogP contribution in [0.25, 0.3) is 0 Å². The van der Waals surface area contributed by atoms with Gasteiger partial charge in [0.05, 0.1) is 11.9 Å². The Morgan fingerprint density at radius 2 is 2.27 bits per heavy atom. The zero-order valence-electron chi connectivity index (χ0n) is 7.81. The van der Waals surface area contributed by atoms with E-state index in [9.17, 15) is 0 Å². The molecular weight excluding hydrogens is 276 g/mol. The van der Waals surface area contributed by atoms with E-state index in [2.05, 4.69) is 21.1 Å². The van der Waals surface area contributed by atoms with Crippen LogP contribution in [0.5, 0.6) is 0 Å². The summed E-state index contributed by atoms with van der Waals surface area (Å²) in [6.07, 6.45) is 1.64. The third kappa shape index (κ3) is 2.76. The molecule has 0 aliphatic rings. The molecule has 1 aromatic carbocycles. The zero-order chi connectivity index (χ0) is 10.7. The molecule has 0 aliphatic heterocycles. The molecule has 0 unspecified atom stereocenters. The van der Waals surface area contributed by atoms with Gasteiger partial charge in [0.25, 0.3) is 0 Å². The number of thioether (sulfide) groups is 1. The van der Waals surface area contributed by atoms with Crippen LogP contribution in [-0.4, -0.2) is 5.16 Å². The van der Waals surface area contributed by atoms with E-state index in [1.165, 1.54) is 0 Å². The maximum absolute atomic E-state index is 5.86. The van der Waals surface area contributed by atoms with Gasteiger partial charge in [-0.25, -0.2) is 0 Å². The van der Waals surface area contributed by atoms with E-state index >= 15 is 0 Å². The lowest BCUT2D eigenvalue weighted by atomic mass is 10.3. The molecule has 0 bridgehead atoms. The van der Waals surface area contributed by atoms with Crippen LogP contribution < -0.4 is 5.73 Å². The minimum atomic E-state index is 0.742. The first kappa shape index (κ1) is 10.6. The number of hydrogen-bond donors (Lipinski definition) is 1. The molecule has 0 saturated heterocycles. The number of nitrogens with zero attached hydrogens (tertiary/aromatic N) is 1. The van der Waals surface area contributed by atoms with Gasteiger partial charge in [-0.05, 0) is 18.2 Å². The minimum absolute atomic E-state index is 0.742. The Morgan fingerprint density at radius 1 is 1.40 bits per heavy atom. The summed E-state index contributed by atoms with van der Waals surface area (Å²) in [5.41, 5.74) is 6.64. The summed E-state index contributed by atoms with van der Waals surface area (Å²) in [4.78, 5) is 1.05. The zero-order valence-corrected chi connectivity index (χ0v) is 10.2. The fourth-order valence-corrected chi connectivity index (χ4v) is 2.33. The molecular formula is C10H9BrN2OS. The number of aromatic nitrogens is 1. The Labute approximate surface area is 100 Å². The second-order valence-corrected chi connectivity index (χ2v) is 4.88. The second kappa shape index (κ2) is 4.72. The standard InChI is InChI=1S/C10H9BrN2OS/c11-7-1-2-10(9(12)5-7)15-6-8-3-4-13-14-8/h1-5H,6,12H2. The van der Waals surface area contributed by atoms with Crippen molar-refractivity contribution in [2.45, 2.75) is 10.6 Å². The maximum Gasteiger partial charge on any atom is 0.146 e. The van der Waals surface area contributed by atoms with Crippen molar-refractivity contribution in [1.29, 1.82) is 0 Å². The van der Waals surface area contributed by atoms with Crippen molar-refractivity contribution in [2.24, 2.45) is 0 Å². The van der Waals surface area contributed by atoms with E-state index in [0.29, 0.717) is 0 Å². The molecule has 5 heteroatoms. The van der Waals surface area contributed by atoms with E-state index in [4.69, 9.17) is 10.3 Å². The van der Waals surface area contributed by atoms with Crippen molar-refractivity contribution in [3.8, 4) is 0 Å². The summed E-state index contributed by atoms with van der Waals surface area (Å²) in [6.45, 7) is 0. The maximum atomic E-state index is 5.86. The predicted molar refractivity (Wildman–Crippen MR) is 64.6 cm³/mol. The van der Waals surface area contributed by atoms with Gasteiger partial charge in [-0.1, -0.05) is 21.1 Å². The average Bonchev–Trinajstić information content (AvgIpc) is 2.69. The normalized spacial score (nSPS) is 10.5. The van der Waals surface area contributed by atoms with Gasteiger partial charge in [-0.15, -0.1) is 11.8 Å². The van der Waals surface area contributed by atoms with Gasteiger partial charge < -0.3 is 10.3 Å². The molecule has 0 fully saturated rings. The smallest absolute Gasteiger partial charge is 0.146 e. The van der Waals surface area contributed by atoms with Crippen molar-refractivity contribution in [3.63, 3.8) is 0 Å². The molecule has 1 heterocycles. The molecule has 15 heavy (non-hydrogen) atoms. The number of nitrogen functional groups attached to an aromatic ring is 1. The van der Waals surface area contributed by atoms with Gasteiger partial charge in [0.2, 0.25) is 0 Å².